The van der Waals surface area contributed by atoms with Gasteiger partial charge in [0.2, 0.25) is 0 Å². The number of nitrogens with one attached hydrogen (secondary N) is 1. The van der Waals surface area contributed by atoms with Gasteiger partial charge in [-0.25, -0.2) is 23.5 Å². The van der Waals surface area contributed by atoms with Crippen LogP contribution in [0.4, 0.5) is 19.4 Å². The number of anilines is 1. The molecular weight excluding hydrogens is 578 g/mol. The molecule has 2 amide bonds. The van der Waals surface area contributed by atoms with E-state index in [0.717, 1.165) is 21.9 Å². The van der Waals surface area contributed by atoms with Crippen molar-refractivity contribution in [2.75, 3.05) is 11.9 Å². The number of fused-ring (bicyclic) bond motifs is 1. The zero-order valence-corrected chi connectivity index (χ0v) is 24.6. The van der Waals surface area contributed by atoms with Crippen molar-refractivity contribution in [1.29, 1.82) is 0 Å². The lowest BCUT2D eigenvalue weighted by Crippen LogP contribution is -2.35. The van der Waals surface area contributed by atoms with Crippen LogP contribution in [0.15, 0.2) is 72.0 Å². The summed E-state index contributed by atoms with van der Waals surface area (Å²) in [7, 11) is 1.57. The summed E-state index contributed by atoms with van der Waals surface area (Å²) >= 11 is 1.39. The van der Waals surface area contributed by atoms with E-state index in [4.69, 9.17) is 9.72 Å². The molecule has 1 N–H and O–H groups in total. The van der Waals surface area contributed by atoms with Crippen LogP contribution < -0.4 is 15.8 Å². The first-order chi connectivity index (χ1) is 20.4. The van der Waals surface area contributed by atoms with E-state index in [9.17, 15) is 23.2 Å². The van der Waals surface area contributed by atoms with E-state index in [1.165, 1.54) is 39.1 Å². The number of carbonyl (C=O) groups is 2. The molecule has 0 saturated carbocycles. The number of amides is 2. The zero-order valence-electron chi connectivity index (χ0n) is 23.8. The van der Waals surface area contributed by atoms with Gasteiger partial charge in [0.25, 0.3) is 11.5 Å². The minimum absolute atomic E-state index is 0.0230. The van der Waals surface area contributed by atoms with Crippen molar-refractivity contribution in [3.8, 4) is 10.6 Å². The molecule has 5 aromatic rings. The summed E-state index contributed by atoms with van der Waals surface area (Å²) in [6, 6.07) is 10.0. The molecule has 4 heterocycles. The molecular formula is C30H28F2N6O4S. The maximum absolute atomic E-state index is 13.6. The van der Waals surface area contributed by atoms with Gasteiger partial charge in [0.1, 0.15) is 11.2 Å². The first kappa shape index (κ1) is 29.6. The Morgan fingerprint density at radius 3 is 2.63 bits per heavy atom. The first-order valence-electron chi connectivity index (χ1n) is 13.2. The summed E-state index contributed by atoms with van der Waals surface area (Å²) in [6.45, 7) is 5.47. The predicted molar refractivity (Wildman–Crippen MR) is 158 cm³/mol. The van der Waals surface area contributed by atoms with E-state index >= 15 is 0 Å². The summed E-state index contributed by atoms with van der Waals surface area (Å²) < 4.78 is 35.4. The molecule has 0 spiro atoms. The van der Waals surface area contributed by atoms with Gasteiger partial charge in [-0.15, -0.1) is 11.3 Å². The molecule has 13 heteroatoms. The highest BCUT2D eigenvalue weighted by Crippen LogP contribution is 2.30. The third-order valence-corrected chi connectivity index (χ3v) is 7.39. The molecule has 0 aliphatic carbocycles. The lowest BCUT2D eigenvalue weighted by atomic mass is 10.2. The largest absolute Gasteiger partial charge is 0.443 e. The lowest BCUT2D eigenvalue weighted by Gasteiger charge is -2.24. The van der Waals surface area contributed by atoms with Crippen LogP contribution in [0.25, 0.3) is 16.2 Å². The molecule has 10 nitrogen and oxygen atoms in total. The average molecular weight is 607 g/mol. The maximum Gasteiger partial charge on any atom is 0.415 e. The van der Waals surface area contributed by atoms with Crippen LogP contribution >= 0.6 is 11.3 Å². The van der Waals surface area contributed by atoms with Gasteiger partial charge in [0, 0.05) is 36.7 Å². The van der Waals surface area contributed by atoms with Crippen molar-refractivity contribution in [2.24, 2.45) is 0 Å². The van der Waals surface area contributed by atoms with Crippen LogP contribution in [-0.2, 0) is 17.8 Å². The molecule has 5 rings (SSSR count). The average Bonchev–Trinajstić information content (AvgIpc) is 3.63. The van der Waals surface area contributed by atoms with Crippen LogP contribution in [0.2, 0.25) is 0 Å². The lowest BCUT2D eigenvalue weighted by molar-refractivity contribution is 0.0588. The first-order valence-corrected chi connectivity index (χ1v) is 14.0. The minimum atomic E-state index is -1.01. The smallest absolute Gasteiger partial charge is 0.415 e. The number of pyridine rings is 1. The molecule has 0 bridgehead atoms. The molecule has 4 aromatic heterocycles. The van der Waals surface area contributed by atoms with Crippen molar-refractivity contribution in [3.05, 3.63) is 105 Å². The quantitative estimate of drug-likeness (QED) is 0.271. The van der Waals surface area contributed by atoms with E-state index < -0.39 is 34.8 Å². The Labute approximate surface area is 249 Å². The van der Waals surface area contributed by atoms with Gasteiger partial charge in [-0.1, -0.05) is 6.07 Å². The number of benzene rings is 1. The molecule has 0 atom stereocenters. The Kier molecular flexibility index (Phi) is 8.09. The molecule has 0 aliphatic rings. The second kappa shape index (κ2) is 11.8. The van der Waals surface area contributed by atoms with E-state index in [2.05, 4.69) is 10.3 Å². The highest BCUT2D eigenvalue weighted by Gasteiger charge is 2.24. The summed E-state index contributed by atoms with van der Waals surface area (Å²) in [5, 5.41) is 2.76. The van der Waals surface area contributed by atoms with Gasteiger partial charge in [-0.3, -0.25) is 14.5 Å². The van der Waals surface area contributed by atoms with E-state index in [-0.39, 0.29) is 18.7 Å². The summed E-state index contributed by atoms with van der Waals surface area (Å²) in [5.74, 6) is -2.24. The fourth-order valence-corrected chi connectivity index (χ4v) is 5.12. The molecule has 0 fully saturated rings. The number of hydrogen-bond donors (Lipinski definition) is 1. The third-order valence-electron chi connectivity index (χ3n) is 6.28. The van der Waals surface area contributed by atoms with E-state index in [1.807, 2.05) is 12.1 Å². The maximum atomic E-state index is 13.6. The Morgan fingerprint density at radius 2 is 1.88 bits per heavy atom. The molecule has 0 radical (unpaired) electrons. The molecule has 43 heavy (non-hydrogen) atoms. The van der Waals surface area contributed by atoms with Crippen LogP contribution in [0, 0.1) is 11.6 Å². The molecule has 0 saturated heterocycles. The van der Waals surface area contributed by atoms with Crippen LogP contribution in [-0.4, -0.2) is 43.6 Å². The Balaban J connectivity index is 1.31. The van der Waals surface area contributed by atoms with Crippen LogP contribution in [0.3, 0.4) is 0 Å². The summed E-state index contributed by atoms with van der Waals surface area (Å²) in [6.07, 6.45) is 6.06. The minimum Gasteiger partial charge on any atom is -0.443 e. The number of ether oxygens (including phenoxy) is 1. The van der Waals surface area contributed by atoms with Gasteiger partial charge >= 0.3 is 6.09 Å². The standard InChI is InChI=1S/C30H28F2N6O4S/c1-30(2,3)42-29(41)36(4)26-25-33-11-13-37(25)17-23(35-26)24-10-8-19(43-24)15-34-27(39)20-6-5-12-38(28(20)40)16-18-7-9-21(31)22(32)14-18/h5-14,17H,15-16H2,1-4H3,(H,34,39). The fourth-order valence-electron chi connectivity index (χ4n) is 4.22. The topological polar surface area (TPSA) is 111 Å². The van der Waals surface area contributed by atoms with Gasteiger partial charge in [0.15, 0.2) is 23.1 Å². The number of thiophene rings is 1. The number of nitrogens with zero attached hydrogens (tertiary/aromatic N) is 5. The summed E-state index contributed by atoms with van der Waals surface area (Å²) in [4.78, 5) is 50.5. The molecule has 1 aromatic carbocycles. The second-order valence-corrected chi connectivity index (χ2v) is 11.9. The molecule has 222 valence electrons. The molecule has 0 aliphatic heterocycles. The number of hydrogen-bond acceptors (Lipinski definition) is 7. The second-order valence-electron chi connectivity index (χ2n) is 10.7. The van der Waals surface area contributed by atoms with Crippen molar-refractivity contribution in [3.63, 3.8) is 0 Å². The Morgan fingerprint density at radius 1 is 1.09 bits per heavy atom. The number of rotatable bonds is 7. The SMILES string of the molecule is CN(C(=O)OC(C)(C)C)c1nc(-c2ccc(CNC(=O)c3cccn(Cc4ccc(F)c(F)c4)c3=O)s2)cn2ccnc12. The van der Waals surface area contributed by atoms with Gasteiger partial charge in [-0.2, -0.15) is 0 Å². The Bertz CT molecular complexity index is 1890. The number of halogens is 2. The third kappa shape index (κ3) is 6.61. The van der Waals surface area contributed by atoms with Gasteiger partial charge < -0.3 is 19.0 Å². The summed E-state index contributed by atoms with van der Waals surface area (Å²) in [5.41, 5.74) is 0.130. The van der Waals surface area contributed by atoms with Crippen molar-refractivity contribution in [1.82, 2.24) is 24.3 Å². The van der Waals surface area contributed by atoms with Crippen molar-refractivity contribution in [2.45, 2.75) is 39.5 Å². The van der Waals surface area contributed by atoms with Gasteiger partial charge in [0.05, 0.1) is 23.7 Å². The van der Waals surface area contributed by atoms with Crippen LogP contribution in [0.5, 0.6) is 0 Å². The van der Waals surface area contributed by atoms with E-state index in [1.54, 1.807) is 56.9 Å². The van der Waals surface area contributed by atoms with E-state index in [0.29, 0.717) is 22.7 Å². The normalized spacial score (nSPS) is 11.5. The van der Waals surface area contributed by atoms with Gasteiger partial charge in [-0.05, 0) is 62.7 Å². The fraction of sp³-hybridized carbons (Fsp3) is 0.233. The highest BCUT2D eigenvalue weighted by atomic mass is 32.1. The number of carbonyl (C=O) groups excluding carboxylic acids is 2. The zero-order chi connectivity index (χ0) is 30.9. The number of aromatic nitrogens is 4. The predicted octanol–water partition coefficient (Wildman–Crippen LogP) is 5.25. The van der Waals surface area contributed by atoms with Crippen molar-refractivity contribution >= 4 is 34.8 Å². The Hall–Kier alpha value is -4.91. The number of imidazole rings is 1. The van der Waals surface area contributed by atoms with Crippen molar-refractivity contribution < 1.29 is 23.1 Å². The monoisotopic (exact) mass is 606 g/mol. The highest BCUT2D eigenvalue weighted by molar-refractivity contribution is 7.15. The molecule has 0 unspecified atom stereocenters. The van der Waals surface area contributed by atoms with Crippen LogP contribution in [0.1, 0.15) is 41.6 Å².